The minimum Gasteiger partial charge on any atom is -0.457 e. The molecule has 0 aliphatic rings. The normalized spacial score (nSPS) is 10.8. The van der Waals surface area contributed by atoms with Crippen LogP contribution in [0.2, 0.25) is 10.0 Å². The molecular weight excluding hydrogens is 549 g/mol. The van der Waals surface area contributed by atoms with Crippen LogP contribution >= 0.6 is 35.0 Å². The molecule has 1 N–H and O–H groups in total. The van der Waals surface area contributed by atoms with Crippen LogP contribution in [0, 0.1) is 0 Å². The van der Waals surface area contributed by atoms with E-state index >= 15 is 0 Å². The van der Waals surface area contributed by atoms with Gasteiger partial charge in [-0.15, -0.1) is 0 Å². The number of ether oxygens (including phenoxy) is 1. The number of thioether (sulfide) groups is 1. The summed E-state index contributed by atoms with van der Waals surface area (Å²) in [7, 11) is 0. The van der Waals surface area contributed by atoms with Crippen molar-refractivity contribution in [3.63, 3.8) is 0 Å². The van der Waals surface area contributed by atoms with Gasteiger partial charge in [0.05, 0.1) is 12.5 Å². The number of rotatable bonds is 10. The lowest BCUT2D eigenvalue weighted by Gasteiger charge is -2.11. The van der Waals surface area contributed by atoms with Crippen LogP contribution in [-0.2, 0) is 5.75 Å². The van der Waals surface area contributed by atoms with Crippen molar-refractivity contribution in [1.82, 2.24) is 14.9 Å². The molecule has 1 aromatic heterocycles. The molecule has 1 amide bonds. The standard InChI is InChI=1S/C31H25Cl2N3O2S/c32-28-10-5-11-29(33)27(28)20-39-17-16-35-31(37)30-19-34-21-36(30)24-7-4-6-23(18-24)22-12-14-26(15-13-22)38-25-8-2-1-3-9-25/h1-15,18-19,21H,16-17,20H2,(H,35,37). The molecule has 39 heavy (non-hydrogen) atoms. The van der Waals surface area contributed by atoms with E-state index in [1.54, 1.807) is 28.9 Å². The summed E-state index contributed by atoms with van der Waals surface area (Å²) >= 11 is 14.1. The average Bonchev–Trinajstić information content (AvgIpc) is 3.46. The second-order valence-corrected chi connectivity index (χ2v) is 10.6. The quantitative estimate of drug-likeness (QED) is 0.171. The molecule has 5 rings (SSSR count). The van der Waals surface area contributed by atoms with Crippen molar-refractivity contribution in [3.05, 3.63) is 131 Å². The largest absolute Gasteiger partial charge is 0.457 e. The molecule has 0 fully saturated rings. The molecule has 1 heterocycles. The lowest BCUT2D eigenvalue weighted by atomic mass is 10.0. The first kappa shape index (κ1) is 26.9. The number of nitrogens with zero attached hydrogens (tertiary/aromatic N) is 2. The van der Waals surface area contributed by atoms with Crippen molar-refractivity contribution < 1.29 is 9.53 Å². The van der Waals surface area contributed by atoms with E-state index in [4.69, 9.17) is 27.9 Å². The number of amides is 1. The van der Waals surface area contributed by atoms with Crippen molar-refractivity contribution in [3.8, 4) is 28.3 Å². The van der Waals surface area contributed by atoms with Crippen molar-refractivity contribution in [2.75, 3.05) is 12.3 Å². The number of hydrogen-bond donors (Lipinski definition) is 1. The topological polar surface area (TPSA) is 56.2 Å². The molecule has 0 saturated heterocycles. The van der Waals surface area contributed by atoms with Gasteiger partial charge in [-0.2, -0.15) is 11.8 Å². The Hall–Kier alpha value is -3.71. The maximum absolute atomic E-state index is 12.9. The third kappa shape index (κ3) is 6.84. The molecule has 5 nitrogen and oxygen atoms in total. The maximum Gasteiger partial charge on any atom is 0.269 e. The number of imidazole rings is 1. The molecule has 0 atom stereocenters. The number of carbonyl (C=O) groups is 1. The minimum atomic E-state index is -0.184. The second kappa shape index (κ2) is 12.9. The lowest BCUT2D eigenvalue weighted by Crippen LogP contribution is -2.27. The Labute approximate surface area is 241 Å². The fourth-order valence-corrected chi connectivity index (χ4v) is 5.61. The SMILES string of the molecule is O=C(NCCSCc1c(Cl)cccc1Cl)c1cncn1-c1cccc(-c2ccc(Oc3ccccc3)cc2)c1. The van der Waals surface area contributed by atoms with E-state index in [1.807, 2.05) is 97.1 Å². The highest BCUT2D eigenvalue weighted by atomic mass is 35.5. The molecule has 4 aromatic carbocycles. The van der Waals surface area contributed by atoms with Crippen LogP contribution in [0.5, 0.6) is 11.5 Å². The third-order valence-electron chi connectivity index (χ3n) is 6.00. The van der Waals surface area contributed by atoms with E-state index in [9.17, 15) is 4.79 Å². The van der Waals surface area contributed by atoms with Gasteiger partial charge in [-0.3, -0.25) is 9.36 Å². The van der Waals surface area contributed by atoms with E-state index in [0.717, 1.165) is 39.6 Å². The van der Waals surface area contributed by atoms with Crippen molar-refractivity contribution in [1.29, 1.82) is 0 Å². The van der Waals surface area contributed by atoms with Gasteiger partial charge >= 0.3 is 0 Å². The van der Waals surface area contributed by atoms with E-state index in [0.29, 0.717) is 28.0 Å². The first-order valence-electron chi connectivity index (χ1n) is 12.3. The molecule has 196 valence electrons. The zero-order valence-corrected chi connectivity index (χ0v) is 23.2. The molecule has 0 unspecified atom stereocenters. The number of carbonyl (C=O) groups excluding carboxylic acids is 1. The predicted molar refractivity (Wildman–Crippen MR) is 160 cm³/mol. The molecule has 0 bridgehead atoms. The van der Waals surface area contributed by atoms with Gasteiger partial charge in [0, 0.05) is 33.8 Å². The van der Waals surface area contributed by atoms with Crippen molar-refractivity contribution in [2.24, 2.45) is 0 Å². The monoisotopic (exact) mass is 573 g/mol. The number of hydrogen-bond acceptors (Lipinski definition) is 4. The Morgan fingerprint density at radius 3 is 2.33 bits per heavy atom. The molecule has 0 aliphatic heterocycles. The fraction of sp³-hybridized carbons (Fsp3) is 0.0968. The Balaban J connectivity index is 1.20. The summed E-state index contributed by atoms with van der Waals surface area (Å²) < 4.78 is 7.70. The van der Waals surface area contributed by atoms with Gasteiger partial charge < -0.3 is 10.1 Å². The molecular formula is C31H25Cl2N3O2S. The van der Waals surface area contributed by atoms with Crippen LogP contribution in [0.15, 0.2) is 110 Å². The van der Waals surface area contributed by atoms with E-state index < -0.39 is 0 Å². The second-order valence-electron chi connectivity index (χ2n) is 8.65. The number of nitrogens with one attached hydrogen (secondary N) is 1. The smallest absolute Gasteiger partial charge is 0.269 e. The minimum absolute atomic E-state index is 0.184. The number of benzene rings is 4. The summed E-state index contributed by atoms with van der Waals surface area (Å²) in [5.74, 6) is 2.78. The summed E-state index contributed by atoms with van der Waals surface area (Å²) in [6, 6.07) is 31.1. The number of halogens is 2. The summed E-state index contributed by atoms with van der Waals surface area (Å²) in [5, 5.41) is 4.29. The van der Waals surface area contributed by atoms with Gasteiger partial charge in [0.1, 0.15) is 17.2 Å². The third-order valence-corrected chi connectivity index (χ3v) is 7.70. The molecule has 0 saturated carbocycles. The van der Waals surface area contributed by atoms with Gasteiger partial charge in [-0.1, -0.05) is 71.7 Å². The number of para-hydroxylation sites is 1. The Bertz CT molecular complexity index is 1540. The highest BCUT2D eigenvalue weighted by Gasteiger charge is 2.14. The van der Waals surface area contributed by atoms with Crippen LogP contribution in [0.3, 0.4) is 0 Å². The van der Waals surface area contributed by atoms with Gasteiger partial charge in [-0.25, -0.2) is 4.98 Å². The van der Waals surface area contributed by atoms with Gasteiger partial charge in [0.25, 0.3) is 5.91 Å². The van der Waals surface area contributed by atoms with Crippen LogP contribution in [0.4, 0.5) is 0 Å². The number of aromatic nitrogens is 2. The highest BCUT2D eigenvalue weighted by Crippen LogP contribution is 2.29. The summed E-state index contributed by atoms with van der Waals surface area (Å²) in [6.07, 6.45) is 3.23. The molecule has 0 radical (unpaired) electrons. The van der Waals surface area contributed by atoms with E-state index in [2.05, 4.69) is 10.3 Å². The average molecular weight is 575 g/mol. The first-order chi connectivity index (χ1) is 19.1. The fourth-order valence-electron chi connectivity index (χ4n) is 4.02. The summed E-state index contributed by atoms with van der Waals surface area (Å²) in [4.78, 5) is 17.2. The predicted octanol–water partition coefficient (Wildman–Crippen LogP) is 8.30. The molecule has 5 aromatic rings. The van der Waals surface area contributed by atoms with Gasteiger partial charge in [0.2, 0.25) is 0 Å². The van der Waals surface area contributed by atoms with Crippen molar-refractivity contribution in [2.45, 2.75) is 5.75 Å². The summed E-state index contributed by atoms with van der Waals surface area (Å²) in [6.45, 7) is 0.508. The van der Waals surface area contributed by atoms with Crippen LogP contribution in [0.1, 0.15) is 16.1 Å². The van der Waals surface area contributed by atoms with Crippen LogP contribution in [-0.4, -0.2) is 27.8 Å². The summed E-state index contributed by atoms with van der Waals surface area (Å²) in [5.41, 5.74) is 4.29. The Morgan fingerprint density at radius 2 is 1.56 bits per heavy atom. The highest BCUT2D eigenvalue weighted by molar-refractivity contribution is 7.98. The van der Waals surface area contributed by atoms with Crippen LogP contribution < -0.4 is 10.1 Å². The van der Waals surface area contributed by atoms with E-state index in [1.165, 1.54) is 0 Å². The van der Waals surface area contributed by atoms with Crippen molar-refractivity contribution >= 4 is 40.9 Å². The Morgan fingerprint density at radius 1 is 0.846 bits per heavy atom. The van der Waals surface area contributed by atoms with Gasteiger partial charge in [-0.05, 0) is 65.2 Å². The molecule has 0 aliphatic carbocycles. The maximum atomic E-state index is 12.9. The zero-order chi connectivity index (χ0) is 27.0. The zero-order valence-electron chi connectivity index (χ0n) is 20.9. The van der Waals surface area contributed by atoms with E-state index in [-0.39, 0.29) is 5.91 Å². The lowest BCUT2D eigenvalue weighted by molar-refractivity contribution is 0.0949. The molecule has 0 spiro atoms. The van der Waals surface area contributed by atoms with Gasteiger partial charge in [0.15, 0.2) is 0 Å². The Kier molecular flexibility index (Phi) is 8.89. The van der Waals surface area contributed by atoms with Crippen LogP contribution in [0.25, 0.3) is 16.8 Å². The molecule has 8 heteroatoms. The first-order valence-corrected chi connectivity index (χ1v) is 14.2.